The Balaban J connectivity index is 2.31. The lowest BCUT2D eigenvalue weighted by Crippen LogP contribution is -2.25. The molecule has 0 saturated heterocycles. The smallest absolute Gasteiger partial charge is 0.285 e. The fourth-order valence-corrected chi connectivity index (χ4v) is 1.48. The Morgan fingerprint density at radius 2 is 2.12 bits per heavy atom. The molecule has 0 spiro atoms. The topological polar surface area (TPSA) is 70.5 Å². The lowest BCUT2D eigenvalue weighted by Gasteiger charge is -2.08. The first-order chi connectivity index (χ1) is 7.59. The maximum absolute atomic E-state index is 11.6. The second-order valence-electron chi connectivity index (χ2n) is 3.90. The third-order valence-corrected chi connectivity index (χ3v) is 2.31. The van der Waals surface area contributed by atoms with E-state index in [1.54, 1.807) is 11.7 Å². The Morgan fingerprint density at radius 3 is 2.69 bits per heavy atom. The average molecular weight is 222 g/mol. The van der Waals surface area contributed by atoms with Gasteiger partial charge in [-0.15, -0.1) is 0 Å². The average Bonchev–Trinajstić information content (AvgIpc) is 2.80. The zero-order valence-corrected chi connectivity index (χ0v) is 9.53. The largest absolute Gasteiger partial charge is 0.345 e. The predicted molar refractivity (Wildman–Crippen MR) is 57.0 cm³/mol. The standard InChI is InChI=1S/C9H14N6O/c1-7(2)15-8(10-5-11-15)4-14-9(16)13(3)6-12-14/h5-7H,4H2,1-3H3. The molecule has 16 heavy (non-hydrogen) atoms. The Kier molecular flexibility index (Phi) is 2.59. The van der Waals surface area contributed by atoms with E-state index in [2.05, 4.69) is 15.2 Å². The molecule has 2 aromatic heterocycles. The van der Waals surface area contributed by atoms with Gasteiger partial charge in [0.25, 0.3) is 0 Å². The van der Waals surface area contributed by atoms with Gasteiger partial charge >= 0.3 is 5.69 Å². The molecule has 2 heterocycles. The Labute approximate surface area is 92.3 Å². The van der Waals surface area contributed by atoms with Gasteiger partial charge in [0.15, 0.2) is 0 Å². The van der Waals surface area contributed by atoms with Crippen molar-refractivity contribution >= 4 is 0 Å². The van der Waals surface area contributed by atoms with Crippen LogP contribution < -0.4 is 5.69 Å². The predicted octanol–water partition coefficient (Wildman–Crippen LogP) is -0.198. The van der Waals surface area contributed by atoms with Crippen molar-refractivity contribution in [2.75, 3.05) is 0 Å². The van der Waals surface area contributed by atoms with Crippen LogP contribution in [0.4, 0.5) is 0 Å². The number of aromatic nitrogens is 6. The molecule has 7 nitrogen and oxygen atoms in total. The minimum Gasteiger partial charge on any atom is -0.285 e. The fraction of sp³-hybridized carbons (Fsp3) is 0.556. The number of hydrogen-bond donors (Lipinski definition) is 0. The normalized spacial score (nSPS) is 11.2. The van der Waals surface area contributed by atoms with Crippen LogP contribution in [-0.4, -0.2) is 29.1 Å². The molecular formula is C9H14N6O. The van der Waals surface area contributed by atoms with E-state index in [4.69, 9.17) is 0 Å². The highest BCUT2D eigenvalue weighted by Crippen LogP contribution is 2.05. The molecule has 0 atom stereocenters. The summed E-state index contributed by atoms with van der Waals surface area (Å²) in [6.07, 6.45) is 2.97. The summed E-state index contributed by atoms with van der Waals surface area (Å²) in [5.41, 5.74) is -0.154. The maximum Gasteiger partial charge on any atom is 0.345 e. The summed E-state index contributed by atoms with van der Waals surface area (Å²) in [6, 6.07) is 0.219. The molecule has 0 saturated carbocycles. The van der Waals surface area contributed by atoms with E-state index in [1.165, 1.54) is 21.9 Å². The molecule has 0 aliphatic rings. The van der Waals surface area contributed by atoms with E-state index in [0.29, 0.717) is 6.54 Å². The van der Waals surface area contributed by atoms with Crippen molar-refractivity contribution in [1.82, 2.24) is 29.1 Å². The molecule has 0 amide bonds. The van der Waals surface area contributed by atoms with E-state index in [9.17, 15) is 4.79 Å². The summed E-state index contributed by atoms with van der Waals surface area (Å²) >= 11 is 0. The van der Waals surface area contributed by atoms with Crippen molar-refractivity contribution in [1.29, 1.82) is 0 Å². The second kappa shape index (κ2) is 3.92. The quantitative estimate of drug-likeness (QED) is 0.721. The monoisotopic (exact) mass is 222 g/mol. The van der Waals surface area contributed by atoms with E-state index in [0.717, 1.165) is 5.82 Å². The summed E-state index contributed by atoms with van der Waals surface area (Å²) in [5, 5.41) is 8.08. The van der Waals surface area contributed by atoms with Crippen molar-refractivity contribution in [3.05, 3.63) is 29.0 Å². The highest BCUT2D eigenvalue weighted by molar-refractivity contribution is 4.87. The summed E-state index contributed by atoms with van der Waals surface area (Å²) in [5.74, 6) is 0.732. The van der Waals surface area contributed by atoms with Gasteiger partial charge in [-0.1, -0.05) is 0 Å². The highest BCUT2D eigenvalue weighted by atomic mass is 16.2. The minimum absolute atomic E-state index is 0.154. The van der Waals surface area contributed by atoms with Gasteiger partial charge < -0.3 is 0 Å². The Morgan fingerprint density at radius 1 is 1.38 bits per heavy atom. The third kappa shape index (κ3) is 1.75. The summed E-state index contributed by atoms with van der Waals surface area (Å²) in [4.78, 5) is 15.7. The molecular weight excluding hydrogens is 208 g/mol. The van der Waals surface area contributed by atoms with E-state index in [-0.39, 0.29) is 11.7 Å². The SMILES string of the molecule is CC(C)n1ncnc1Cn1ncn(C)c1=O. The van der Waals surface area contributed by atoms with Crippen molar-refractivity contribution in [2.45, 2.75) is 26.4 Å². The van der Waals surface area contributed by atoms with Crippen molar-refractivity contribution in [3.63, 3.8) is 0 Å². The Bertz CT molecular complexity index is 534. The molecule has 0 unspecified atom stereocenters. The van der Waals surface area contributed by atoms with Crippen molar-refractivity contribution in [2.24, 2.45) is 7.05 Å². The minimum atomic E-state index is -0.154. The molecule has 0 aliphatic carbocycles. The summed E-state index contributed by atoms with van der Waals surface area (Å²) in [7, 11) is 1.67. The summed E-state index contributed by atoms with van der Waals surface area (Å²) in [6.45, 7) is 4.37. The van der Waals surface area contributed by atoms with Crippen LogP contribution in [0, 0.1) is 0 Å². The lowest BCUT2D eigenvalue weighted by molar-refractivity contribution is 0.483. The van der Waals surface area contributed by atoms with Crippen LogP contribution in [0.15, 0.2) is 17.4 Å². The second-order valence-corrected chi connectivity index (χ2v) is 3.90. The zero-order valence-electron chi connectivity index (χ0n) is 9.53. The van der Waals surface area contributed by atoms with E-state index >= 15 is 0 Å². The van der Waals surface area contributed by atoms with Crippen LogP contribution in [0.3, 0.4) is 0 Å². The Hall–Kier alpha value is -1.92. The van der Waals surface area contributed by atoms with Crippen molar-refractivity contribution in [3.8, 4) is 0 Å². The first kappa shape index (κ1) is 10.6. The van der Waals surface area contributed by atoms with Gasteiger partial charge in [-0.05, 0) is 13.8 Å². The number of rotatable bonds is 3. The van der Waals surface area contributed by atoms with Crippen LogP contribution in [0.25, 0.3) is 0 Å². The molecule has 2 aromatic rings. The number of nitrogens with zero attached hydrogens (tertiary/aromatic N) is 6. The van der Waals surface area contributed by atoms with Gasteiger partial charge in [0.05, 0.1) is 0 Å². The van der Waals surface area contributed by atoms with Crippen LogP contribution in [0.2, 0.25) is 0 Å². The molecule has 2 rings (SSSR count). The van der Waals surface area contributed by atoms with Crippen LogP contribution in [0.5, 0.6) is 0 Å². The lowest BCUT2D eigenvalue weighted by atomic mass is 10.4. The first-order valence-electron chi connectivity index (χ1n) is 5.06. The number of aryl methyl sites for hydroxylation is 1. The van der Waals surface area contributed by atoms with Crippen LogP contribution in [-0.2, 0) is 13.6 Å². The molecule has 0 fully saturated rings. The molecule has 0 N–H and O–H groups in total. The zero-order chi connectivity index (χ0) is 11.7. The molecule has 0 radical (unpaired) electrons. The maximum atomic E-state index is 11.6. The molecule has 7 heteroatoms. The number of hydrogen-bond acceptors (Lipinski definition) is 4. The first-order valence-corrected chi connectivity index (χ1v) is 5.06. The molecule has 0 aromatic carbocycles. The van der Waals surface area contributed by atoms with Gasteiger partial charge in [0.1, 0.15) is 25.0 Å². The van der Waals surface area contributed by atoms with Crippen LogP contribution in [0.1, 0.15) is 25.7 Å². The third-order valence-electron chi connectivity index (χ3n) is 2.31. The van der Waals surface area contributed by atoms with Gasteiger partial charge in [-0.2, -0.15) is 10.2 Å². The fourth-order valence-electron chi connectivity index (χ4n) is 1.48. The van der Waals surface area contributed by atoms with Gasteiger partial charge in [-0.25, -0.2) is 19.1 Å². The van der Waals surface area contributed by atoms with Gasteiger partial charge in [0, 0.05) is 13.1 Å². The van der Waals surface area contributed by atoms with E-state index in [1.807, 2.05) is 13.8 Å². The van der Waals surface area contributed by atoms with E-state index < -0.39 is 0 Å². The molecule has 86 valence electrons. The van der Waals surface area contributed by atoms with Gasteiger partial charge in [-0.3, -0.25) is 4.57 Å². The molecule has 0 bridgehead atoms. The summed E-state index contributed by atoms with van der Waals surface area (Å²) < 4.78 is 4.57. The van der Waals surface area contributed by atoms with Gasteiger partial charge in [0.2, 0.25) is 0 Å². The van der Waals surface area contributed by atoms with Crippen molar-refractivity contribution < 1.29 is 0 Å². The highest BCUT2D eigenvalue weighted by Gasteiger charge is 2.10. The molecule has 0 aliphatic heterocycles. The van der Waals surface area contributed by atoms with Crippen LogP contribution >= 0.6 is 0 Å².